The molecule has 2 aromatic rings. The second-order valence-corrected chi connectivity index (χ2v) is 5.99. The number of rotatable bonds is 5. The third-order valence-electron chi connectivity index (χ3n) is 3.10. The van der Waals surface area contributed by atoms with Crippen LogP contribution in [0.5, 0.6) is 5.75 Å². The molecule has 1 atom stereocenters. The molecule has 130 valence electrons. The summed E-state index contributed by atoms with van der Waals surface area (Å²) in [7, 11) is 0. The molecular formula is C18H16BrFN2O3. The zero-order chi connectivity index (χ0) is 18.2. The lowest BCUT2D eigenvalue weighted by Crippen LogP contribution is -2.46. The molecule has 7 heteroatoms. The van der Waals surface area contributed by atoms with Crippen molar-refractivity contribution >= 4 is 33.8 Å². The molecule has 5 nitrogen and oxygen atoms in total. The number of nitrogens with one attached hydrogen (secondary N) is 2. The number of hydrazine groups is 1. The monoisotopic (exact) mass is 406 g/mol. The smallest absolute Gasteiger partial charge is 0.279 e. The molecule has 0 spiro atoms. The van der Waals surface area contributed by atoms with Gasteiger partial charge in [0.25, 0.3) is 11.8 Å². The van der Waals surface area contributed by atoms with Crippen LogP contribution in [-0.4, -0.2) is 17.9 Å². The average Bonchev–Trinajstić information content (AvgIpc) is 2.61. The summed E-state index contributed by atoms with van der Waals surface area (Å²) in [5.74, 6) is -1.06. The van der Waals surface area contributed by atoms with Gasteiger partial charge >= 0.3 is 0 Å². The number of hydrogen-bond acceptors (Lipinski definition) is 3. The van der Waals surface area contributed by atoms with Crippen molar-refractivity contribution in [2.75, 3.05) is 0 Å². The van der Waals surface area contributed by atoms with Crippen molar-refractivity contribution in [1.29, 1.82) is 0 Å². The standard InChI is InChI=1S/C18H16BrFN2O3/c1-12(25-16-9-7-15(20)8-10-16)18(24)22-21-17(23)11-4-13-2-5-14(19)6-3-13/h2-12H,1H3,(H,21,23)(H,22,24)/b11-4+/t12-/m0/s1. The van der Waals surface area contributed by atoms with Gasteiger partial charge in [0.2, 0.25) is 0 Å². The van der Waals surface area contributed by atoms with E-state index in [-0.39, 0.29) is 0 Å². The zero-order valence-corrected chi connectivity index (χ0v) is 14.9. The van der Waals surface area contributed by atoms with Gasteiger partial charge in [-0.05, 0) is 55.0 Å². The summed E-state index contributed by atoms with van der Waals surface area (Å²) in [6.07, 6.45) is 2.06. The number of ether oxygens (including phenoxy) is 1. The fourth-order valence-corrected chi connectivity index (χ4v) is 2.05. The van der Waals surface area contributed by atoms with Gasteiger partial charge in [-0.15, -0.1) is 0 Å². The van der Waals surface area contributed by atoms with E-state index in [1.54, 1.807) is 6.08 Å². The molecule has 0 aliphatic rings. The number of hydrogen-bond donors (Lipinski definition) is 2. The summed E-state index contributed by atoms with van der Waals surface area (Å²) in [6.45, 7) is 1.52. The minimum absolute atomic E-state index is 0.352. The van der Waals surface area contributed by atoms with Gasteiger partial charge in [0.1, 0.15) is 11.6 Å². The first-order chi connectivity index (χ1) is 11.9. The summed E-state index contributed by atoms with van der Waals surface area (Å²) < 4.78 is 19.1. The average molecular weight is 407 g/mol. The Kier molecular flexibility index (Phi) is 6.71. The van der Waals surface area contributed by atoms with Crippen molar-refractivity contribution in [2.45, 2.75) is 13.0 Å². The molecule has 0 fully saturated rings. The molecule has 25 heavy (non-hydrogen) atoms. The van der Waals surface area contributed by atoms with Crippen LogP contribution in [0, 0.1) is 5.82 Å². The van der Waals surface area contributed by atoms with Crippen molar-refractivity contribution in [1.82, 2.24) is 10.9 Å². The quantitative estimate of drug-likeness (QED) is 0.591. The first-order valence-electron chi connectivity index (χ1n) is 7.40. The van der Waals surface area contributed by atoms with Crippen LogP contribution in [0.15, 0.2) is 59.1 Å². The summed E-state index contributed by atoms with van der Waals surface area (Å²) in [6, 6.07) is 12.7. The number of halogens is 2. The van der Waals surface area contributed by atoms with Crippen LogP contribution in [0.3, 0.4) is 0 Å². The fourth-order valence-electron chi connectivity index (χ4n) is 1.78. The van der Waals surface area contributed by atoms with Gasteiger partial charge in [-0.25, -0.2) is 4.39 Å². The van der Waals surface area contributed by atoms with Crippen molar-refractivity contribution in [3.63, 3.8) is 0 Å². The van der Waals surface area contributed by atoms with E-state index < -0.39 is 23.7 Å². The molecule has 0 saturated heterocycles. The highest BCUT2D eigenvalue weighted by Crippen LogP contribution is 2.13. The number of carbonyl (C=O) groups is 2. The van der Waals surface area contributed by atoms with E-state index >= 15 is 0 Å². The van der Waals surface area contributed by atoms with Gasteiger partial charge in [-0.1, -0.05) is 28.1 Å². The highest BCUT2D eigenvalue weighted by Gasteiger charge is 2.14. The van der Waals surface area contributed by atoms with Crippen LogP contribution < -0.4 is 15.6 Å². The Morgan fingerprint density at radius 3 is 2.36 bits per heavy atom. The topological polar surface area (TPSA) is 67.4 Å². The molecule has 2 aromatic carbocycles. The summed E-state index contributed by atoms with van der Waals surface area (Å²) in [5, 5.41) is 0. The van der Waals surface area contributed by atoms with E-state index in [2.05, 4.69) is 26.8 Å². The number of amides is 2. The molecule has 0 bridgehead atoms. The van der Waals surface area contributed by atoms with E-state index in [4.69, 9.17) is 4.74 Å². The van der Waals surface area contributed by atoms with E-state index in [0.717, 1.165) is 10.0 Å². The number of carbonyl (C=O) groups excluding carboxylic acids is 2. The first kappa shape index (κ1) is 18.7. The number of benzene rings is 2. The van der Waals surface area contributed by atoms with Crippen LogP contribution in [0.2, 0.25) is 0 Å². The molecule has 0 aromatic heterocycles. The van der Waals surface area contributed by atoms with Gasteiger partial charge in [-0.2, -0.15) is 0 Å². The fraction of sp³-hybridized carbons (Fsp3) is 0.111. The maximum absolute atomic E-state index is 12.8. The largest absolute Gasteiger partial charge is 0.481 e. The summed E-state index contributed by atoms with van der Waals surface area (Å²) >= 11 is 3.33. The molecule has 0 heterocycles. The van der Waals surface area contributed by atoms with Gasteiger partial charge < -0.3 is 4.74 Å². The Bertz CT molecular complexity index is 761. The van der Waals surface area contributed by atoms with Crippen LogP contribution in [0.1, 0.15) is 12.5 Å². The van der Waals surface area contributed by atoms with Crippen molar-refractivity contribution in [3.8, 4) is 5.75 Å². The van der Waals surface area contributed by atoms with Crippen LogP contribution in [0.4, 0.5) is 4.39 Å². The first-order valence-corrected chi connectivity index (χ1v) is 8.19. The Morgan fingerprint density at radius 2 is 1.72 bits per heavy atom. The molecule has 0 unspecified atom stereocenters. The second kappa shape index (κ2) is 8.98. The predicted molar refractivity (Wildman–Crippen MR) is 96.0 cm³/mol. The SMILES string of the molecule is C[C@H](Oc1ccc(F)cc1)C(=O)NNC(=O)/C=C/c1ccc(Br)cc1. The predicted octanol–water partition coefficient (Wildman–Crippen LogP) is 3.22. The van der Waals surface area contributed by atoms with E-state index in [0.29, 0.717) is 5.75 Å². The van der Waals surface area contributed by atoms with E-state index in [1.165, 1.54) is 37.3 Å². The van der Waals surface area contributed by atoms with Crippen molar-refractivity contribution in [3.05, 3.63) is 70.5 Å². The molecule has 0 aliphatic heterocycles. The molecule has 2 amide bonds. The Balaban J connectivity index is 1.79. The third-order valence-corrected chi connectivity index (χ3v) is 3.63. The van der Waals surface area contributed by atoms with Gasteiger partial charge in [-0.3, -0.25) is 20.4 Å². The molecule has 0 radical (unpaired) electrons. The highest BCUT2D eigenvalue weighted by atomic mass is 79.9. The normalized spacial score (nSPS) is 11.8. The maximum Gasteiger partial charge on any atom is 0.279 e. The third kappa shape index (κ3) is 6.39. The molecular weight excluding hydrogens is 391 g/mol. The lowest BCUT2D eigenvalue weighted by molar-refractivity contribution is -0.131. The van der Waals surface area contributed by atoms with Crippen LogP contribution in [0.25, 0.3) is 6.08 Å². The minimum Gasteiger partial charge on any atom is -0.481 e. The van der Waals surface area contributed by atoms with Crippen LogP contribution in [-0.2, 0) is 9.59 Å². The zero-order valence-electron chi connectivity index (χ0n) is 13.3. The second-order valence-electron chi connectivity index (χ2n) is 5.08. The molecule has 0 aliphatic carbocycles. The highest BCUT2D eigenvalue weighted by molar-refractivity contribution is 9.10. The van der Waals surface area contributed by atoms with E-state index in [1.807, 2.05) is 24.3 Å². The Morgan fingerprint density at radius 1 is 1.08 bits per heavy atom. The van der Waals surface area contributed by atoms with Gasteiger partial charge in [0.15, 0.2) is 6.10 Å². The lowest BCUT2D eigenvalue weighted by Gasteiger charge is -2.14. The van der Waals surface area contributed by atoms with Gasteiger partial charge in [0, 0.05) is 10.5 Å². The van der Waals surface area contributed by atoms with E-state index in [9.17, 15) is 14.0 Å². The van der Waals surface area contributed by atoms with Gasteiger partial charge in [0.05, 0.1) is 0 Å². The minimum atomic E-state index is -0.860. The summed E-state index contributed by atoms with van der Waals surface area (Å²) in [5.41, 5.74) is 5.37. The van der Waals surface area contributed by atoms with Crippen molar-refractivity contribution in [2.24, 2.45) is 0 Å². The molecule has 0 saturated carbocycles. The summed E-state index contributed by atoms with van der Waals surface area (Å²) in [4.78, 5) is 23.6. The van der Waals surface area contributed by atoms with Crippen LogP contribution >= 0.6 is 15.9 Å². The molecule has 2 rings (SSSR count). The lowest BCUT2D eigenvalue weighted by atomic mass is 10.2. The van der Waals surface area contributed by atoms with Crippen molar-refractivity contribution < 1.29 is 18.7 Å². The Labute approximate surface area is 153 Å². The Hall–Kier alpha value is -2.67. The maximum atomic E-state index is 12.8. The molecule has 2 N–H and O–H groups in total.